The molecule has 0 aromatic carbocycles. The largest absolute Gasteiger partial charge is 1.00 e. The molecular weight excluding hydrogens is 275 g/mol. The van der Waals surface area contributed by atoms with Gasteiger partial charge in [-0.1, -0.05) is 13.3 Å². The number of unbranched alkanes of at least 4 members (excludes halogenated alkanes) is 1. The normalized spacial score (nSPS) is 22.4. The first-order chi connectivity index (χ1) is 5.64. The van der Waals surface area contributed by atoms with Crippen LogP contribution in [0.3, 0.4) is 0 Å². The van der Waals surface area contributed by atoms with Crippen LogP contribution in [0.2, 0.25) is 0 Å². The summed E-state index contributed by atoms with van der Waals surface area (Å²) in [5.41, 5.74) is 0. The molecule has 1 heterocycles. The molecule has 0 radical (unpaired) electrons. The molecule has 0 spiro atoms. The van der Waals surface area contributed by atoms with Gasteiger partial charge in [-0.05, 0) is 13.0 Å². The van der Waals surface area contributed by atoms with Crippen LogP contribution < -0.4 is 24.0 Å². The van der Waals surface area contributed by atoms with Gasteiger partial charge in [0.2, 0.25) is 0 Å². The summed E-state index contributed by atoms with van der Waals surface area (Å²) < 4.78 is 1.21. The molecule has 1 fully saturated rings. The summed E-state index contributed by atoms with van der Waals surface area (Å²) in [6, 6.07) is 0. The van der Waals surface area contributed by atoms with Crippen molar-refractivity contribution in [1.29, 1.82) is 0 Å². The lowest BCUT2D eigenvalue weighted by atomic mass is 10.2. The van der Waals surface area contributed by atoms with Gasteiger partial charge < -0.3 is 28.5 Å². The van der Waals surface area contributed by atoms with Crippen LogP contribution in [-0.2, 0) is 0 Å². The second kappa shape index (κ2) is 6.19. The van der Waals surface area contributed by atoms with E-state index >= 15 is 0 Å². The molecule has 0 aromatic heterocycles. The van der Waals surface area contributed by atoms with Crippen molar-refractivity contribution in [2.75, 3.05) is 46.8 Å². The van der Waals surface area contributed by atoms with E-state index in [1.54, 1.807) is 0 Å². The summed E-state index contributed by atoms with van der Waals surface area (Å²) >= 11 is 0. The molecule has 1 aliphatic rings. The SMILES string of the molecule is CCCCN1CC[N+](C)(C)CC1.[I-]. The number of nitrogens with zero attached hydrogens (tertiary/aromatic N) is 2. The van der Waals surface area contributed by atoms with Crippen LogP contribution >= 0.6 is 0 Å². The summed E-state index contributed by atoms with van der Waals surface area (Å²) in [4.78, 5) is 2.60. The Morgan fingerprint density at radius 2 is 1.69 bits per heavy atom. The molecular formula is C10H23IN2. The number of hydrogen-bond acceptors (Lipinski definition) is 1. The quantitative estimate of drug-likeness (QED) is 0.438. The van der Waals surface area contributed by atoms with Gasteiger partial charge in [-0.15, -0.1) is 0 Å². The van der Waals surface area contributed by atoms with E-state index in [2.05, 4.69) is 25.9 Å². The lowest BCUT2D eigenvalue weighted by Gasteiger charge is -2.39. The standard InChI is InChI=1S/C10H23N2.HI/c1-4-5-6-11-7-9-12(2,3)10-8-11;/h4-10H2,1-3H3;1H/q+1;/p-1. The minimum atomic E-state index is 0. The van der Waals surface area contributed by atoms with Crippen molar-refractivity contribution in [3.8, 4) is 0 Å². The van der Waals surface area contributed by atoms with Gasteiger partial charge in [-0.2, -0.15) is 0 Å². The maximum absolute atomic E-state index is 2.60. The molecule has 1 saturated heterocycles. The molecule has 0 aromatic rings. The Kier molecular flexibility index (Phi) is 6.50. The minimum Gasteiger partial charge on any atom is -1.00 e. The highest BCUT2D eigenvalue weighted by atomic mass is 127. The van der Waals surface area contributed by atoms with Gasteiger partial charge >= 0.3 is 0 Å². The van der Waals surface area contributed by atoms with Crippen molar-refractivity contribution in [3.05, 3.63) is 0 Å². The molecule has 2 nitrogen and oxygen atoms in total. The van der Waals surface area contributed by atoms with Gasteiger partial charge in [0, 0.05) is 13.1 Å². The summed E-state index contributed by atoms with van der Waals surface area (Å²) in [5.74, 6) is 0. The van der Waals surface area contributed by atoms with Crippen molar-refractivity contribution in [2.24, 2.45) is 0 Å². The van der Waals surface area contributed by atoms with Crippen LogP contribution in [0, 0.1) is 0 Å². The highest BCUT2D eigenvalue weighted by Gasteiger charge is 2.23. The van der Waals surface area contributed by atoms with E-state index in [1.807, 2.05) is 0 Å². The second-order valence-corrected chi connectivity index (χ2v) is 4.58. The molecule has 3 heteroatoms. The van der Waals surface area contributed by atoms with Crippen LogP contribution in [0.4, 0.5) is 0 Å². The molecule has 0 unspecified atom stereocenters. The summed E-state index contributed by atoms with van der Waals surface area (Å²) in [5, 5.41) is 0. The Hall–Kier alpha value is 0.650. The molecule has 1 aliphatic heterocycles. The van der Waals surface area contributed by atoms with Crippen LogP contribution in [0.25, 0.3) is 0 Å². The number of quaternary nitrogens is 1. The van der Waals surface area contributed by atoms with Gasteiger partial charge in [-0.25, -0.2) is 0 Å². The van der Waals surface area contributed by atoms with E-state index in [1.165, 1.54) is 50.0 Å². The lowest BCUT2D eigenvalue weighted by Crippen LogP contribution is -3.00. The topological polar surface area (TPSA) is 3.24 Å². The third kappa shape index (κ3) is 5.18. The highest BCUT2D eigenvalue weighted by molar-refractivity contribution is 4.61. The molecule has 0 atom stereocenters. The number of rotatable bonds is 3. The van der Waals surface area contributed by atoms with E-state index in [4.69, 9.17) is 0 Å². The zero-order valence-corrected chi connectivity index (χ0v) is 11.4. The van der Waals surface area contributed by atoms with Crippen molar-refractivity contribution in [2.45, 2.75) is 19.8 Å². The van der Waals surface area contributed by atoms with E-state index in [0.717, 1.165) is 0 Å². The van der Waals surface area contributed by atoms with Crippen molar-refractivity contribution >= 4 is 0 Å². The Bertz CT molecular complexity index is 127. The summed E-state index contributed by atoms with van der Waals surface area (Å²) in [6.45, 7) is 8.83. The molecule has 13 heavy (non-hydrogen) atoms. The van der Waals surface area contributed by atoms with Crippen molar-refractivity contribution < 1.29 is 28.5 Å². The zero-order chi connectivity index (χ0) is 9.03. The summed E-state index contributed by atoms with van der Waals surface area (Å²) in [6.07, 6.45) is 2.70. The third-order valence-electron chi connectivity index (χ3n) is 2.87. The fourth-order valence-electron chi connectivity index (χ4n) is 1.65. The van der Waals surface area contributed by atoms with Crippen molar-refractivity contribution in [3.63, 3.8) is 0 Å². The third-order valence-corrected chi connectivity index (χ3v) is 2.87. The van der Waals surface area contributed by atoms with E-state index in [9.17, 15) is 0 Å². The smallest absolute Gasteiger partial charge is 0.0912 e. The van der Waals surface area contributed by atoms with Crippen LogP contribution in [0.15, 0.2) is 0 Å². The molecule has 1 rings (SSSR count). The fourth-order valence-corrected chi connectivity index (χ4v) is 1.65. The molecule has 0 N–H and O–H groups in total. The Morgan fingerprint density at radius 3 is 2.15 bits per heavy atom. The monoisotopic (exact) mass is 298 g/mol. The fraction of sp³-hybridized carbons (Fsp3) is 1.00. The Labute approximate surface area is 99.9 Å². The van der Waals surface area contributed by atoms with E-state index in [0.29, 0.717) is 0 Å². The Morgan fingerprint density at radius 1 is 1.15 bits per heavy atom. The summed E-state index contributed by atoms with van der Waals surface area (Å²) in [7, 11) is 4.66. The average molecular weight is 298 g/mol. The lowest BCUT2D eigenvalue weighted by molar-refractivity contribution is -0.894. The maximum atomic E-state index is 2.60. The average Bonchev–Trinajstić information content (AvgIpc) is 2.03. The number of hydrogen-bond donors (Lipinski definition) is 0. The van der Waals surface area contributed by atoms with Crippen LogP contribution in [0.5, 0.6) is 0 Å². The van der Waals surface area contributed by atoms with Gasteiger partial charge in [-0.3, -0.25) is 4.90 Å². The molecule has 0 aliphatic carbocycles. The van der Waals surface area contributed by atoms with Gasteiger partial charge in [0.05, 0.1) is 27.2 Å². The van der Waals surface area contributed by atoms with E-state index in [-0.39, 0.29) is 24.0 Å². The highest BCUT2D eigenvalue weighted by Crippen LogP contribution is 2.06. The van der Waals surface area contributed by atoms with E-state index < -0.39 is 0 Å². The first-order valence-corrected chi connectivity index (χ1v) is 5.18. The predicted molar refractivity (Wildman–Crippen MR) is 53.2 cm³/mol. The van der Waals surface area contributed by atoms with Gasteiger partial charge in [0.15, 0.2) is 0 Å². The van der Waals surface area contributed by atoms with Crippen molar-refractivity contribution in [1.82, 2.24) is 4.90 Å². The maximum Gasteiger partial charge on any atom is 0.0912 e. The Balaban J connectivity index is 0.00000144. The molecule has 0 amide bonds. The molecule has 80 valence electrons. The number of halogens is 1. The number of likely N-dealkylation sites (N-methyl/N-ethyl adjacent to an activating group) is 1. The second-order valence-electron chi connectivity index (χ2n) is 4.58. The van der Waals surface area contributed by atoms with Crippen LogP contribution in [-0.4, -0.2) is 56.2 Å². The minimum absolute atomic E-state index is 0. The molecule has 0 bridgehead atoms. The molecule has 0 saturated carbocycles. The van der Waals surface area contributed by atoms with Gasteiger partial charge in [0.25, 0.3) is 0 Å². The predicted octanol–water partition coefficient (Wildman–Crippen LogP) is -1.82. The first kappa shape index (κ1) is 13.7. The van der Waals surface area contributed by atoms with Crippen LogP contribution in [0.1, 0.15) is 19.8 Å². The zero-order valence-electron chi connectivity index (χ0n) is 9.22. The van der Waals surface area contributed by atoms with Gasteiger partial charge in [0.1, 0.15) is 0 Å². The number of piperazine rings is 1. The first-order valence-electron chi connectivity index (χ1n) is 5.18.